The van der Waals surface area contributed by atoms with E-state index in [0.29, 0.717) is 6.42 Å². The van der Waals surface area contributed by atoms with Gasteiger partial charge in [-0.15, -0.1) is 0 Å². The monoisotopic (exact) mass is 208 g/mol. The van der Waals surface area contributed by atoms with Crippen molar-refractivity contribution in [3.8, 4) is 5.75 Å². The van der Waals surface area contributed by atoms with Crippen LogP contribution in [0.4, 0.5) is 0 Å². The Morgan fingerprint density at radius 1 is 1.53 bits per heavy atom. The minimum atomic E-state index is -0.370. The molecule has 15 heavy (non-hydrogen) atoms. The van der Waals surface area contributed by atoms with Gasteiger partial charge < -0.3 is 16.2 Å². The average molecular weight is 208 g/mol. The second-order valence-electron chi connectivity index (χ2n) is 3.49. The van der Waals surface area contributed by atoms with E-state index in [1.54, 1.807) is 7.11 Å². The third kappa shape index (κ3) is 3.99. The highest BCUT2D eigenvalue weighted by molar-refractivity contribution is 5.74. The number of ether oxygens (including phenoxy) is 1. The lowest BCUT2D eigenvalue weighted by atomic mass is 10.0. The number of primary amides is 1. The van der Waals surface area contributed by atoms with E-state index >= 15 is 0 Å². The summed E-state index contributed by atoms with van der Waals surface area (Å²) in [6.07, 6.45) is 0.831. The molecule has 0 aromatic heterocycles. The van der Waals surface area contributed by atoms with Gasteiger partial charge in [0.15, 0.2) is 0 Å². The first-order chi connectivity index (χ1) is 7.11. The smallest absolute Gasteiger partial charge is 0.218 e. The first kappa shape index (κ1) is 11.5. The maximum Gasteiger partial charge on any atom is 0.218 e. The lowest BCUT2D eigenvalue weighted by Gasteiger charge is -2.10. The number of hydrogen-bond acceptors (Lipinski definition) is 3. The molecular formula is C11H16N2O2. The quantitative estimate of drug-likeness (QED) is 0.737. The van der Waals surface area contributed by atoms with Crippen molar-refractivity contribution in [2.45, 2.75) is 18.9 Å². The molecule has 1 aromatic carbocycles. The van der Waals surface area contributed by atoms with Gasteiger partial charge in [-0.05, 0) is 24.1 Å². The number of amides is 1. The Hall–Kier alpha value is -1.55. The maximum absolute atomic E-state index is 10.6. The summed E-state index contributed by atoms with van der Waals surface area (Å²) in [5.74, 6) is 0.421. The SMILES string of the molecule is COc1cccc(CC(N)CC(N)=O)c1. The van der Waals surface area contributed by atoms with Crippen molar-refractivity contribution in [2.75, 3.05) is 7.11 Å². The number of nitrogens with two attached hydrogens (primary N) is 2. The molecule has 0 aliphatic heterocycles. The van der Waals surface area contributed by atoms with E-state index in [-0.39, 0.29) is 18.4 Å². The number of hydrogen-bond donors (Lipinski definition) is 2. The first-order valence-corrected chi connectivity index (χ1v) is 4.78. The molecule has 4 heteroatoms. The van der Waals surface area contributed by atoms with E-state index in [9.17, 15) is 4.79 Å². The highest BCUT2D eigenvalue weighted by atomic mass is 16.5. The Morgan fingerprint density at radius 3 is 2.87 bits per heavy atom. The molecule has 0 aliphatic rings. The van der Waals surface area contributed by atoms with Crippen LogP contribution in [0.15, 0.2) is 24.3 Å². The van der Waals surface area contributed by atoms with Crippen LogP contribution in [0.2, 0.25) is 0 Å². The molecule has 82 valence electrons. The van der Waals surface area contributed by atoms with Crippen LogP contribution in [0.5, 0.6) is 5.75 Å². The standard InChI is InChI=1S/C11H16N2O2/c1-15-10-4-2-3-8(6-10)5-9(12)7-11(13)14/h2-4,6,9H,5,7,12H2,1H3,(H2,13,14). The molecule has 0 saturated carbocycles. The van der Waals surface area contributed by atoms with Gasteiger partial charge in [0.2, 0.25) is 5.91 Å². The van der Waals surface area contributed by atoms with Crippen molar-refractivity contribution in [1.29, 1.82) is 0 Å². The third-order valence-electron chi connectivity index (χ3n) is 2.10. The van der Waals surface area contributed by atoms with Gasteiger partial charge in [-0.3, -0.25) is 4.79 Å². The second-order valence-corrected chi connectivity index (χ2v) is 3.49. The van der Waals surface area contributed by atoms with E-state index in [2.05, 4.69) is 0 Å². The normalized spacial score (nSPS) is 12.1. The van der Waals surface area contributed by atoms with Crippen LogP contribution in [0, 0.1) is 0 Å². The van der Waals surface area contributed by atoms with E-state index < -0.39 is 0 Å². The first-order valence-electron chi connectivity index (χ1n) is 4.78. The summed E-state index contributed by atoms with van der Waals surface area (Å²) in [7, 11) is 1.61. The lowest BCUT2D eigenvalue weighted by Crippen LogP contribution is -2.29. The Morgan fingerprint density at radius 2 is 2.27 bits per heavy atom. The molecule has 1 unspecified atom stereocenters. The minimum Gasteiger partial charge on any atom is -0.497 e. The number of benzene rings is 1. The highest BCUT2D eigenvalue weighted by Crippen LogP contribution is 2.14. The summed E-state index contributed by atoms with van der Waals surface area (Å²) in [6.45, 7) is 0. The summed E-state index contributed by atoms with van der Waals surface area (Å²) >= 11 is 0. The van der Waals surface area contributed by atoms with Crippen molar-refractivity contribution in [3.05, 3.63) is 29.8 Å². The summed E-state index contributed by atoms with van der Waals surface area (Å²) in [5, 5.41) is 0. The summed E-state index contributed by atoms with van der Waals surface area (Å²) < 4.78 is 5.09. The van der Waals surface area contributed by atoms with Crippen molar-refractivity contribution in [2.24, 2.45) is 11.5 Å². The maximum atomic E-state index is 10.6. The number of carbonyl (C=O) groups excluding carboxylic acids is 1. The summed E-state index contributed by atoms with van der Waals surface area (Å²) in [4.78, 5) is 10.6. The fourth-order valence-electron chi connectivity index (χ4n) is 1.43. The van der Waals surface area contributed by atoms with Crippen LogP contribution in [-0.2, 0) is 11.2 Å². The van der Waals surface area contributed by atoms with Crippen LogP contribution >= 0.6 is 0 Å². The highest BCUT2D eigenvalue weighted by Gasteiger charge is 2.07. The molecule has 0 radical (unpaired) electrons. The van der Waals surface area contributed by atoms with Crippen molar-refractivity contribution in [3.63, 3.8) is 0 Å². The van der Waals surface area contributed by atoms with Crippen LogP contribution in [0.1, 0.15) is 12.0 Å². The van der Waals surface area contributed by atoms with Crippen LogP contribution in [0.3, 0.4) is 0 Å². The van der Waals surface area contributed by atoms with Crippen molar-refractivity contribution in [1.82, 2.24) is 0 Å². The lowest BCUT2D eigenvalue weighted by molar-refractivity contribution is -0.118. The molecule has 0 saturated heterocycles. The van der Waals surface area contributed by atoms with Gasteiger partial charge >= 0.3 is 0 Å². The Labute approximate surface area is 89.2 Å². The Balaban J connectivity index is 2.59. The van der Waals surface area contributed by atoms with Gasteiger partial charge in [-0.2, -0.15) is 0 Å². The van der Waals surface area contributed by atoms with Gasteiger partial charge in [0.25, 0.3) is 0 Å². The van der Waals surface area contributed by atoms with Gasteiger partial charge in [-0.1, -0.05) is 12.1 Å². The zero-order valence-electron chi connectivity index (χ0n) is 8.77. The summed E-state index contributed by atoms with van der Waals surface area (Å²) in [5.41, 5.74) is 11.9. The largest absolute Gasteiger partial charge is 0.497 e. The molecule has 0 aliphatic carbocycles. The molecule has 0 fully saturated rings. The topological polar surface area (TPSA) is 78.3 Å². The minimum absolute atomic E-state index is 0.206. The predicted molar refractivity (Wildman–Crippen MR) is 58.5 cm³/mol. The van der Waals surface area contributed by atoms with E-state index in [0.717, 1.165) is 11.3 Å². The molecular weight excluding hydrogens is 192 g/mol. The molecule has 1 amide bonds. The van der Waals surface area contributed by atoms with Gasteiger partial charge in [0.1, 0.15) is 5.75 Å². The van der Waals surface area contributed by atoms with E-state index in [4.69, 9.17) is 16.2 Å². The van der Waals surface area contributed by atoms with E-state index in [1.807, 2.05) is 24.3 Å². The van der Waals surface area contributed by atoms with Crippen molar-refractivity contribution >= 4 is 5.91 Å². The Kier molecular flexibility index (Phi) is 4.12. The van der Waals surface area contributed by atoms with Crippen molar-refractivity contribution < 1.29 is 9.53 Å². The van der Waals surface area contributed by atoms with E-state index in [1.165, 1.54) is 0 Å². The molecule has 0 bridgehead atoms. The molecule has 1 atom stereocenters. The number of rotatable bonds is 5. The number of methoxy groups -OCH3 is 1. The third-order valence-corrected chi connectivity index (χ3v) is 2.10. The van der Waals surface area contributed by atoms with Crippen LogP contribution in [-0.4, -0.2) is 19.1 Å². The fraction of sp³-hybridized carbons (Fsp3) is 0.364. The second kappa shape index (κ2) is 5.36. The van der Waals surface area contributed by atoms with Crippen LogP contribution in [0.25, 0.3) is 0 Å². The zero-order valence-corrected chi connectivity index (χ0v) is 8.77. The van der Waals surface area contributed by atoms with Crippen LogP contribution < -0.4 is 16.2 Å². The zero-order chi connectivity index (χ0) is 11.3. The molecule has 4 N–H and O–H groups in total. The molecule has 1 aromatic rings. The molecule has 1 rings (SSSR count). The molecule has 0 spiro atoms. The number of carbonyl (C=O) groups is 1. The summed E-state index contributed by atoms with van der Waals surface area (Å²) in [6, 6.07) is 7.38. The van der Waals surface area contributed by atoms with Gasteiger partial charge in [-0.25, -0.2) is 0 Å². The predicted octanol–water partition coefficient (Wildman–Crippen LogP) is 0.440. The molecule has 4 nitrogen and oxygen atoms in total. The molecule has 0 heterocycles. The van der Waals surface area contributed by atoms with Gasteiger partial charge in [0.05, 0.1) is 7.11 Å². The van der Waals surface area contributed by atoms with Gasteiger partial charge in [0, 0.05) is 12.5 Å². The fourth-order valence-corrected chi connectivity index (χ4v) is 1.43. The average Bonchev–Trinajstić information content (AvgIpc) is 2.16. The Bertz CT molecular complexity index is 339.